The molecular formula is C23H24O. The molecule has 24 heavy (non-hydrogen) atoms. The average Bonchev–Trinajstić information content (AvgIpc) is 2.94. The van der Waals surface area contributed by atoms with Crippen molar-refractivity contribution in [1.82, 2.24) is 0 Å². The first-order valence-electron chi connectivity index (χ1n) is 8.25. The second-order valence-corrected chi connectivity index (χ2v) is 6.73. The van der Waals surface area contributed by atoms with Crippen LogP contribution >= 0.6 is 0 Å². The highest BCUT2D eigenvalue weighted by Crippen LogP contribution is 2.40. The molecule has 0 fully saturated rings. The van der Waals surface area contributed by atoms with Crippen LogP contribution in [-0.4, -0.2) is 7.11 Å². The SMILES string of the molecule is C=C(C)c1cc(C(=C)C)cc(-c2ccc(OC)c3c2CC(C)=C3)c1. The van der Waals surface area contributed by atoms with E-state index in [1.165, 1.54) is 27.8 Å². The quantitative estimate of drug-likeness (QED) is 0.635. The summed E-state index contributed by atoms with van der Waals surface area (Å²) in [6, 6.07) is 10.9. The summed E-state index contributed by atoms with van der Waals surface area (Å²) in [6.45, 7) is 14.5. The van der Waals surface area contributed by atoms with Gasteiger partial charge < -0.3 is 4.74 Å². The van der Waals surface area contributed by atoms with Crippen LogP contribution in [0.1, 0.15) is 43.0 Å². The van der Waals surface area contributed by atoms with E-state index < -0.39 is 0 Å². The van der Waals surface area contributed by atoms with Gasteiger partial charge in [0.2, 0.25) is 0 Å². The number of hydrogen-bond acceptors (Lipinski definition) is 1. The molecule has 0 aliphatic heterocycles. The van der Waals surface area contributed by atoms with E-state index in [-0.39, 0.29) is 0 Å². The number of rotatable bonds is 4. The van der Waals surface area contributed by atoms with Crippen molar-refractivity contribution in [1.29, 1.82) is 0 Å². The highest BCUT2D eigenvalue weighted by molar-refractivity contribution is 5.83. The Hall–Kier alpha value is -2.54. The zero-order valence-electron chi connectivity index (χ0n) is 15.0. The third-order valence-electron chi connectivity index (χ3n) is 4.61. The molecule has 0 heterocycles. The van der Waals surface area contributed by atoms with E-state index in [9.17, 15) is 0 Å². The summed E-state index contributed by atoms with van der Waals surface area (Å²) in [6.07, 6.45) is 3.21. The fraction of sp³-hybridized carbons (Fsp3) is 0.217. The summed E-state index contributed by atoms with van der Waals surface area (Å²) in [4.78, 5) is 0. The van der Waals surface area contributed by atoms with Crippen molar-refractivity contribution in [3.05, 3.63) is 71.3 Å². The van der Waals surface area contributed by atoms with E-state index in [0.29, 0.717) is 0 Å². The number of hydrogen-bond donors (Lipinski definition) is 0. The second kappa shape index (κ2) is 6.16. The molecule has 0 amide bonds. The lowest BCUT2D eigenvalue weighted by Crippen LogP contribution is -1.95. The monoisotopic (exact) mass is 316 g/mol. The molecule has 0 N–H and O–H groups in total. The van der Waals surface area contributed by atoms with Crippen molar-refractivity contribution in [2.24, 2.45) is 0 Å². The predicted molar refractivity (Wildman–Crippen MR) is 105 cm³/mol. The van der Waals surface area contributed by atoms with Gasteiger partial charge in [0.05, 0.1) is 7.11 Å². The number of fused-ring (bicyclic) bond motifs is 1. The lowest BCUT2D eigenvalue weighted by Gasteiger charge is -2.15. The van der Waals surface area contributed by atoms with E-state index in [0.717, 1.165) is 34.4 Å². The van der Waals surface area contributed by atoms with Crippen LogP contribution in [0.2, 0.25) is 0 Å². The molecule has 0 aromatic heterocycles. The van der Waals surface area contributed by atoms with Gasteiger partial charge >= 0.3 is 0 Å². The van der Waals surface area contributed by atoms with Gasteiger partial charge in [-0.05, 0) is 79.3 Å². The van der Waals surface area contributed by atoms with Gasteiger partial charge in [-0.1, -0.05) is 42.0 Å². The summed E-state index contributed by atoms with van der Waals surface area (Å²) in [5.74, 6) is 0.946. The van der Waals surface area contributed by atoms with Crippen LogP contribution < -0.4 is 4.74 Å². The van der Waals surface area contributed by atoms with Crippen molar-refractivity contribution in [3.8, 4) is 16.9 Å². The Morgan fingerprint density at radius 1 is 1.00 bits per heavy atom. The summed E-state index contributed by atoms with van der Waals surface area (Å²) in [5.41, 5.74) is 10.9. The summed E-state index contributed by atoms with van der Waals surface area (Å²) in [7, 11) is 1.73. The van der Waals surface area contributed by atoms with E-state index >= 15 is 0 Å². The van der Waals surface area contributed by atoms with Crippen LogP contribution in [-0.2, 0) is 6.42 Å². The average molecular weight is 316 g/mol. The number of methoxy groups -OCH3 is 1. The molecule has 0 saturated heterocycles. The molecule has 3 rings (SSSR count). The highest BCUT2D eigenvalue weighted by atomic mass is 16.5. The van der Waals surface area contributed by atoms with Crippen LogP contribution in [0.3, 0.4) is 0 Å². The minimum Gasteiger partial charge on any atom is -0.496 e. The Kier molecular flexibility index (Phi) is 4.19. The van der Waals surface area contributed by atoms with Crippen molar-refractivity contribution in [2.75, 3.05) is 7.11 Å². The van der Waals surface area contributed by atoms with Gasteiger partial charge in [-0.25, -0.2) is 0 Å². The standard InChI is InChI=1S/C23H24O/c1-14(2)17-11-18(15(3)4)13-19(12-17)20-7-8-23(24-6)22-10-16(5)9-21(20)22/h7-8,10-13H,1,3,9H2,2,4-6H3. The third-order valence-corrected chi connectivity index (χ3v) is 4.61. The Morgan fingerprint density at radius 3 is 2.17 bits per heavy atom. The van der Waals surface area contributed by atoms with Gasteiger partial charge in [-0.2, -0.15) is 0 Å². The van der Waals surface area contributed by atoms with Crippen LogP contribution in [0.4, 0.5) is 0 Å². The minimum atomic E-state index is 0.946. The minimum absolute atomic E-state index is 0.946. The summed E-state index contributed by atoms with van der Waals surface area (Å²) >= 11 is 0. The largest absolute Gasteiger partial charge is 0.496 e. The van der Waals surface area contributed by atoms with E-state index in [2.05, 4.69) is 56.5 Å². The zero-order valence-corrected chi connectivity index (χ0v) is 15.0. The number of allylic oxidation sites excluding steroid dienone is 3. The van der Waals surface area contributed by atoms with Crippen molar-refractivity contribution >= 4 is 17.2 Å². The summed E-state index contributed by atoms with van der Waals surface area (Å²) in [5, 5.41) is 0. The molecule has 1 aliphatic rings. The maximum atomic E-state index is 5.55. The van der Waals surface area contributed by atoms with Crippen LogP contribution in [0.5, 0.6) is 5.75 Å². The number of benzene rings is 2. The van der Waals surface area contributed by atoms with Crippen molar-refractivity contribution in [2.45, 2.75) is 27.2 Å². The molecule has 122 valence electrons. The summed E-state index contributed by atoms with van der Waals surface area (Å²) < 4.78 is 5.55. The van der Waals surface area contributed by atoms with E-state index in [1.807, 2.05) is 13.8 Å². The molecule has 0 saturated carbocycles. The molecule has 1 nitrogen and oxygen atoms in total. The first-order valence-corrected chi connectivity index (χ1v) is 8.25. The van der Waals surface area contributed by atoms with Crippen molar-refractivity contribution < 1.29 is 4.74 Å². The number of ether oxygens (including phenoxy) is 1. The first kappa shape index (κ1) is 16.3. The Morgan fingerprint density at radius 2 is 1.62 bits per heavy atom. The van der Waals surface area contributed by atoms with Crippen molar-refractivity contribution in [3.63, 3.8) is 0 Å². The molecular weight excluding hydrogens is 292 g/mol. The lowest BCUT2D eigenvalue weighted by atomic mass is 9.91. The molecule has 0 atom stereocenters. The normalized spacial score (nSPS) is 12.6. The molecule has 2 aromatic rings. The molecule has 0 radical (unpaired) electrons. The Labute approximate surface area is 145 Å². The Bertz CT molecular complexity index is 849. The van der Waals surface area contributed by atoms with Crippen LogP contribution in [0.15, 0.2) is 49.1 Å². The maximum absolute atomic E-state index is 5.55. The lowest BCUT2D eigenvalue weighted by molar-refractivity contribution is 0.413. The fourth-order valence-corrected chi connectivity index (χ4v) is 3.29. The van der Waals surface area contributed by atoms with Gasteiger partial charge in [-0.15, -0.1) is 0 Å². The maximum Gasteiger partial charge on any atom is 0.126 e. The first-order chi connectivity index (χ1) is 11.4. The molecule has 0 spiro atoms. The Balaban J connectivity index is 2.23. The molecule has 1 heteroatoms. The van der Waals surface area contributed by atoms with Gasteiger partial charge in [-0.3, -0.25) is 0 Å². The molecule has 0 bridgehead atoms. The van der Waals surface area contributed by atoms with Crippen LogP contribution in [0, 0.1) is 0 Å². The van der Waals surface area contributed by atoms with E-state index in [4.69, 9.17) is 4.74 Å². The second-order valence-electron chi connectivity index (χ2n) is 6.73. The predicted octanol–water partition coefficient (Wildman–Crippen LogP) is 6.39. The van der Waals surface area contributed by atoms with E-state index in [1.54, 1.807) is 7.11 Å². The molecule has 1 aliphatic carbocycles. The fourth-order valence-electron chi connectivity index (χ4n) is 3.29. The topological polar surface area (TPSA) is 9.23 Å². The zero-order chi connectivity index (χ0) is 17.4. The van der Waals surface area contributed by atoms with Gasteiger partial charge in [0, 0.05) is 5.56 Å². The smallest absolute Gasteiger partial charge is 0.126 e. The van der Waals surface area contributed by atoms with Gasteiger partial charge in [0.15, 0.2) is 0 Å². The molecule has 2 aromatic carbocycles. The van der Waals surface area contributed by atoms with Gasteiger partial charge in [0.25, 0.3) is 0 Å². The molecule has 0 unspecified atom stereocenters. The van der Waals surface area contributed by atoms with Crippen LogP contribution in [0.25, 0.3) is 28.3 Å². The highest BCUT2D eigenvalue weighted by Gasteiger charge is 2.19. The van der Waals surface area contributed by atoms with Gasteiger partial charge in [0.1, 0.15) is 5.75 Å². The third kappa shape index (κ3) is 2.82.